The third kappa shape index (κ3) is 4.29. The minimum absolute atomic E-state index is 0.185. The number of rotatable bonds is 3. The maximum absolute atomic E-state index is 11.6. The summed E-state index contributed by atoms with van der Waals surface area (Å²) >= 11 is 0. The molecule has 0 amide bonds. The number of benzene rings is 1. The van der Waals surface area contributed by atoms with Crippen molar-refractivity contribution in [1.82, 2.24) is 0 Å². The summed E-state index contributed by atoms with van der Waals surface area (Å²) in [7, 11) is 0. The van der Waals surface area contributed by atoms with Crippen LogP contribution in [0.4, 0.5) is 0 Å². The molecule has 1 fully saturated rings. The van der Waals surface area contributed by atoms with Crippen LogP contribution in [-0.2, 0) is 16.0 Å². The van der Waals surface area contributed by atoms with Gasteiger partial charge in [0, 0.05) is 25.5 Å². The predicted molar refractivity (Wildman–Crippen MR) is 78.3 cm³/mol. The molecule has 0 radical (unpaired) electrons. The fourth-order valence-corrected chi connectivity index (χ4v) is 2.51. The molecule has 1 unspecified atom stereocenters. The van der Waals surface area contributed by atoms with Crippen LogP contribution >= 0.6 is 0 Å². The zero-order valence-corrected chi connectivity index (χ0v) is 12.4. The first kappa shape index (κ1) is 16.5. The molecule has 0 aromatic heterocycles. The van der Waals surface area contributed by atoms with Gasteiger partial charge in [-0.2, -0.15) is 0 Å². The maximum Gasteiger partial charge on any atom is 0.300 e. The minimum atomic E-state index is -0.881. The van der Waals surface area contributed by atoms with Crippen molar-refractivity contribution < 1.29 is 29.3 Å². The lowest BCUT2D eigenvalue weighted by Gasteiger charge is -2.12. The van der Waals surface area contributed by atoms with Crippen molar-refractivity contribution in [2.24, 2.45) is 0 Å². The molecule has 2 atom stereocenters. The molecular weight excluding hydrogens is 288 g/mol. The van der Waals surface area contributed by atoms with Gasteiger partial charge >= 0.3 is 0 Å². The quantitative estimate of drug-likeness (QED) is 0.877. The van der Waals surface area contributed by atoms with Crippen molar-refractivity contribution in [2.75, 3.05) is 13.2 Å². The van der Waals surface area contributed by atoms with Crippen molar-refractivity contribution in [3.63, 3.8) is 0 Å². The third-order valence-electron chi connectivity index (χ3n) is 3.52. The molecule has 6 nitrogen and oxygen atoms in total. The molecule has 2 aliphatic rings. The van der Waals surface area contributed by atoms with Crippen molar-refractivity contribution in [3.05, 3.63) is 29.3 Å². The van der Waals surface area contributed by atoms with Gasteiger partial charge in [0.05, 0.1) is 6.10 Å². The second-order valence-corrected chi connectivity index (χ2v) is 5.37. The van der Waals surface area contributed by atoms with E-state index < -0.39 is 12.1 Å². The van der Waals surface area contributed by atoms with Crippen LogP contribution in [-0.4, -0.2) is 47.4 Å². The Kier molecular flexibility index (Phi) is 5.51. The van der Waals surface area contributed by atoms with Gasteiger partial charge in [0.1, 0.15) is 18.5 Å². The van der Waals surface area contributed by atoms with Crippen LogP contribution in [0, 0.1) is 0 Å². The number of Topliss-reactive ketones (excluding diaryl/α,β-unsaturated/α-hetero) is 1. The molecule has 22 heavy (non-hydrogen) atoms. The molecule has 3 rings (SSSR count). The minimum Gasteiger partial charge on any atom is -0.491 e. The number of aliphatic carboxylic acids is 1. The number of fused-ring (bicyclic) bond motifs is 1. The van der Waals surface area contributed by atoms with Crippen molar-refractivity contribution in [1.29, 1.82) is 0 Å². The fourth-order valence-electron chi connectivity index (χ4n) is 2.51. The highest BCUT2D eigenvalue weighted by Gasteiger charge is 2.28. The number of aliphatic hydroxyl groups excluding tert-OH is 1. The normalized spacial score (nSPS) is 22.7. The smallest absolute Gasteiger partial charge is 0.300 e. The fraction of sp³-hybridized carbons (Fsp3) is 0.500. The lowest BCUT2D eigenvalue weighted by atomic mass is 10.1. The predicted octanol–water partition coefficient (Wildman–Crippen LogP) is 1.43. The number of carbonyl (C=O) groups excluding carboxylic acids is 1. The Balaban J connectivity index is 0.000000396. The Morgan fingerprint density at radius 1 is 1.45 bits per heavy atom. The monoisotopic (exact) mass is 308 g/mol. The maximum atomic E-state index is 11.6. The summed E-state index contributed by atoms with van der Waals surface area (Å²) in [5.74, 6) is -0.276. The summed E-state index contributed by atoms with van der Waals surface area (Å²) in [6.45, 7) is 2.45. The topological polar surface area (TPSA) is 93.1 Å². The van der Waals surface area contributed by atoms with E-state index in [1.165, 1.54) is 0 Å². The Morgan fingerprint density at radius 3 is 2.82 bits per heavy atom. The number of aliphatic hydroxyl groups is 1. The lowest BCUT2D eigenvalue weighted by molar-refractivity contribution is -0.134. The Morgan fingerprint density at radius 2 is 2.18 bits per heavy atom. The van der Waals surface area contributed by atoms with Crippen LogP contribution in [0.3, 0.4) is 0 Å². The van der Waals surface area contributed by atoms with Gasteiger partial charge in [0.15, 0.2) is 5.78 Å². The van der Waals surface area contributed by atoms with Gasteiger partial charge in [-0.15, -0.1) is 0 Å². The molecule has 0 spiro atoms. The summed E-state index contributed by atoms with van der Waals surface area (Å²) in [5.41, 5.74) is 1.49. The van der Waals surface area contributed by atoms with Gasteiger partial charge in [0.2, 0.25) is 0 Å². The molecule has 0 bridgehead atoms. The summed E-state index contributed by atoms with van der Waals surface area (Å²) in [6.07, 6.45) is 1.84. The van der Waals surface area contributed by atoms with Gasteiger partial charge in [-0.3, -0.25) is 9.59 Å². The molecule has 6 heteroatoms. The van der Waals surface area contributed by atoms with E-state index in [1.807, 2.05) is 6.07 Å². The van der Waals surface area contributed by atoms with Crippen LogP contribution in [0.5, 0.6) is 5.75 Å². The SMILES string of the molecule is CC(=O)O.O=C1c2ccc(OC[C@H]3CCCO3)cc2CC1O. The Hall–Kier alpha value is -1.92. The first-order valence-electron chi connectivity index (χ1n) is 7.26. The zero-order chi connectivity index (χ0) is 16.1. The first-order valence-corrected chi connectivity index (χ1v) is 7.26. The average molecular weight is 308 g/mol. The summed E-state index contributed by atoms with van der Waals surface area (Å²) < 4.78 is 11.2. The molecule has 1 saturated heterocycles. The lowest BCUT2D eigenvalue weighted by Crippen LogP contribution is -2.16. The molecule has 2 N–H and O–H groups in total. The van der Waals surface area contributed by atoms with Crippen LogP contribution in [0.25, 0.3) is 0 Å². The van der Waals surface area contributed by atoms with Crippen molar-refractivity contribution in [2.45, 2.75) is 38.4 Å². The van der Waals surface area contributed by atoms with E-state index in [0.717, 1.165) is 37.7 Å². The summed E-state index contributed by atoms with van der Waals surface area (Å²) in [5, 5.41) is 16.9. The Bertz CT molecular complexity index is 544. The van der Waals surface area contributed by atoms with Crippen LogP contribution in [0.2, 0.25) is 0 Å². The molecule has 0 saturated carbocycles. The van der Waals surface area contributed by atoms with Crippen LogP contribution in [0.15, 0.2) is 18.2 Å². The molecule has 1 heterocycles. The largest absolute Gasteiger partial charge is 0.491 e. The molecular formula is C16H20O6. The molecule has 120 valence electrons. The van der Waals surface area contributed by atoms with E-state index in [0.29, 0.717) is 18.6 Å². The van der Waals surface area contributed by atoms with Crippen molar-refractivity contribution in [3.8, 4) is 5.75 Å². The molecule has 1 aromatic rings. The molecule has 1 aliphatic heterocycles. The van der Waals surface area contributed by atoms with Crippen molar-refractivity contribution >= 4 is 11.8 Å². The molecule has 1 aliphatic carbocycles. The number of carboxylic acids is 1. The van der Waals surface area contributed by atoms with E-state index in [2.05, 4.69) is 0 Å². The average Bonchev–Trinajstić information content (AvgIpc) is 3.05. The standard InChI is InChI=1S/C14H16O4.C2H4O2/c15-13-7-9-6-10(3-4-12(9)14(13)16)18-8-11-2-1-5-17-11;1-2(3)4/h3-4,6,11,13,15H,1-2,5,7-8H2;1H3,(H,3,4)/t11-,13?;/m1./s1. The van der Waals surface area contributed by atoms with E-state index in [-0.39, 0.29) is 11.9 Å². The van der Waals surface area contributed by atoms with E-state index in [1.54, 1.807) is 12.1 Å². The van der Waals surface area contributed by atoms with Crippen LogP contribution in [0.1, 0.15) is 35.7 Å². The van der Waals surface area contributed by atoms with Crippen LogP contribution < -0.4 is 4.74 Å². The van der Waals surface area contributed by atoms with E-state index in [4.69, 9.17) is 19.4 Å². The number of carbonyl (C=O) groups is 2. The number of ether oxygens (including phenoxy) is 2. The number of hydrogen-bond acceptors (Lipinski definition) is 5. The van der Waals surface area contributed by atoms with Gasteiger partial charge in [-0.25, -0.2) is 0 Å². The summed E-state index contributed by atoms with van der Waals surface area (Å²) in [6, 6.07) is 5.36. The molecule has 1 aromatic carbocycles. The summed E-state index contributed by atoms with van der Waals surface area (Å²) in [4.78, 5) is 20.6. The number of ketones is 1. The second-order valence-electron chi connectivity index (χ2n) is 5.37. The van der Waals surface area contributed by atoms with Gasteiger partial charge in [-0.1, -0.05) is 0 Å². The highest BCUT2D eigenvalue weighted by atomic mass is 16.5. The van der Waals surface area contributed by atoms with Gasteiger partial charge in [-0.05, 0) is 36.6 Å². The number of hydrogen-bond donors (Lipinski definition) is 2. The Labute approximate surface area is 128 Å². The van der Waals surface area contributed by atoms with E-state index in [9.17, 15) is 9.90 Å². The third-order valence-corrected chi connectivity index (χ3v) is 3.52. The zero-order valence-electron chi connectivity index (χ0n) is 12.4. The highest BCUT2D eigenvalue weighted by Crippen LogP contribution is 2.27. The first-order chi connectivity index (χ1) is 10.5. The number of carboxylic acid groups (broad SMARTS) is 1. The second kappa shape index (κ2) is 7.38. The van der Waals surface area contributed by atoms with E-state index >= 15 is 0 Å². The highest BCUT2D eigenvalue weighted by molar-refractivity contribution is 6.03. The van der Waals surface area contributed by atoms with Gasteiger partial charge < -0.3 is 19.7 Å². The van der Waals surface area contributed by atoms with Gasteiger partial charge in [0.25, 0.3) is 5.97 Å².